The molecule has 0 saturated heterocycles. The monoisotopic (exact) mass is 356 g/mol. The number of sulfone groups is 1. The molecule has 0 N–H and O–H groups in total. The van der Waals surface area contributed by atoms with Crippen LogP contribution in [0, 0.1) is 11.8 Å². The molecule has 0 fully saturated rings. The lowest BCUT2D eigenvalue weighted by atomic mass is 9.87. The largest absolute Gasteiger partial charge is 0.466 e. The molecule has 0 radical (unpaired) electrons. The van der Waals surface area contributed by atoms with Crippen molar-refractivity contribution in [2.45, 2.75) is 45.1 Å². The average molecular weight is 356 g/mol. The molecule has 5 nitrogen and oxygen atoms in total. The predicted octanol–water partition coefficient (Wildman–Crippen LogP) is 2.87. The molecule has 0 spiro atoms. The maximum atomic E-state index is 12.4. The minimum atomic E-state index is -3.23. The number of rotatable bonds is 9. The third-order valence-electron chi connectivity index (χ3n) is 3.81. The second-order valence-corrected chi connectivity index (χ2v) is 8.16. The lowest BCUT2D eigenvalue weighted by Crippen LogP contribution is -2.37. The van der Waals surface area contributed by atoms with Crippen LogP contribution in [0.4, 0.5) is 0 Å². The zero-order valence-corrected chi connectivity index (χ0v) is 15.9. The molecule has 0 amide bonds. The Labute approximate surface area is 145 Å². The van der Waals surface area contributed by atoms with E-state index in [1.54, 1.807) is 31.2 Å². The van der Waals surface area contributed by atoms with Gasteiger partial charge in [0, 0.05) is 12.9 Å². The van der Waals surface area contributed by atoms with E-state index < -0.39 is 15.8 Å². The Morgan fingerprint density at radius 1 is 1.08 bits per heavy atom. The first-order chi connectivity index (χ1) is 11.2. The van der Waals surface area contributed by atoms with Crippen LogP contribution in [0.15, 0.2) is 29.2 Å². The third kappa shape index (κ3) is 5.91. The van der Waals surface area contributed by atoms with E-state index in [4.69, 9.17) is 9.47 Å². The quantitative estimate of drug-likeness (QED) is 0.636. The highest BCUT2D eigenvalue weighted by Crippen LogP contribution is 2.24. The molecule has 1 aromatic carbocycles. The number of carbonyl (C=O) groups is 1. The van der Waals surface area contributed by atoms with Crippen molar-refractivity contribution in [3.63, 3.8) is 0 Å². The number of hydrogen-bond acceptors (Lipinski definition) is 5. The van der Waals surface area contributed by atoms with Gasteiger partial charge in [0.1, 0.15) is 0 Å². The Hall–Kier alpha value is -1.40. The van der Waals surface area contributed by atoms with E-state index in [0.29, 0.717) is 19.6 Å². The lowest BCUT2D eigenvalue weighted by molar-refractivity contribution is -0.155. The molecule has 0 saturated carbocycles. The first-order valence-corrected chi connectivity index (χ1v) is 10.2. The first-order valence-electron chi connectivity index (χ1n) is 8.27. The summed E-state index contributed by atoms with van der Waals surface area (Å²) in [5.74, 6) is -0.541. The maximum absolute atomic E-state index is 12.4. The second kappa shape index (κ2) is 9.18. The van der Waals surface area contributed by atoms with Crippen LogP contribution in [0.25, 0.3) is 0 Å². The maximum Gasteiger partial charge on any atom is 0.311 e. The van der Waals surface area contributed by atoms with Gasteiger partial charge in [-0.05, 0) is 43.9 Å². The van der Waals surface area contributed by atoms with Crippen LogP contribution in [0.3, 0.4) is 0 Å². The fourth-order valence-corrected chi connectivity index (χ4v) is 3.31. The Morgan fingerprint density at radius 2 is 1.67 bits per heavy atom. The number of ether oxygens (including phenoxy) is 2. The molecule has 136 valence electrons. The fourth-order valence-electron chi connectivity index (χ4n) is 2.68. The Balaban J connectivity index is 3.05. The number of esters is 1. The van der Waals surface area contributed by atoms with E-state index in [1.165, 1.54) is 6.26 Å². The summed E-state index contributed by atoms with van der Waals surface area (Å²) in [5, 5.41) is 0. The molecular formula is C18H28O5S. The van der Waals surface area contributed by atoms with Gasteiger partial charge in [0.25, 0.3) is 0 Å². The highest BCUT2D eigenvalue weighted by atomic mass is 32.2. The van der Waals surface area contributed by atoms with E-state index in [-0.39, 0.29) is 22.9 Å². The van der Waals surface area contributed by atoms with E-state index in [2.05, 4.69) is 0 Å². The van der Waals surface area contributed by atoms with Gasteiger partial charge in [-0.2, -0.15) is 0 Å². The van der Waals surface area contributed by atoms with Gasteiger partial charge in [0.05, 0.1) is 23.5 Å². The Bertz CT molecular complexity index is 619. The van der Waals surface area contributed by atoms with Gasteiger partial charge in [-0.15, -0.1) is 0 Å². The highest BCUT2D eigenvalue weighted by Gasteiger charge is 2.32. The first kappa shape index (κ1) is 20.6. The van der Waals surface area contributed by atoms with Crippen molar-refractivity contribution in [3.8, 4) is 0 Å². The van der Waals surface area contributed by atoms with Crippen LogP contribution in [-0.4, -0.2) is 40.0 Å². The average Bonchev–Trinajstić information content (AvgIpc) is 2.50. The smallest absolute Gasteiger partial charge is 0.311 e. The summed E-state index contributed by atoms with van der Waals surface area (Å²) in [6.07, 6.45) is 1.38. The van der Waals surface area contributed by atoms with Gasteiger partial charge in [-0.3, -0.25) is 4.79 Å². The van der Waals surface area contributed by atoms with Crippen LogP contribution < -0.4 is 0 Å². The SMILES string of the molecule is CCOC(=O)C(Cc1ccc(S(C)(=O)=O)cc1)C(OCC)C(C)C. The highest BCUT2D eigenvalue weighted by molar-refractivity contribution is 7.90. The van der Waals surface area contributed by atoms with Gasteiger partial charge in [-0.1, -0.05) is 26.0 Å². The molecule has 2 atom stereocenters. The zero-order valence-electron chi connectivity index (χ0n) is 15.1. The minimum absolute atomic E-state index is 0.162. The van der Waals surface area contributed by atoms with Crippen LogP contribution in [0.5, 0.6) is 0 Å². The molecule has 0 bridgehead atoms. The Kier molecular flexibility index (Phi) is 7.90. The standard InChI is InChI=1S/C18H28O5S/c1-6-22-17(13(3)4)16(18(19)23-7-2)12-14-8-10-15(11-9-14)24(5,20)21/h8-11,13,16-17H,6-7,12H2,1-5H3. The molecule has 0 aliphatic carbocycles. The summed E-state index contributed by atoms with van der Waals surface area (Å²) in [4.78, 5) is 12.7. The molecule has 1 rings (SSSR count). The molecule has 1 aromatic rings. The fraction of sp³-hybridized carbons (Fsp3) is 0.611. The summed E-state index contributed by atoms with van der Waals surface area (Å²) in [6.45, 7) is 8.54. The van der Waals surface area contributed by atoms with Crippen molar-refractivity contribution in [1.29, 1.82) is 0 Å². The summed E-state index contributed by atoms with van der Waals surface area (Å²) >= 11 is 0. The summed E-state index contributed by atoms with van der Waals surface area (Å²) in [6, 6.07) is 6.62. The van der Waals surface area contributed by atoms with Crippen molar-refractivity contribution in [2.75, 3.05) is 19.5 Å². The normalized spacial score (nSPS) is 14.4. The molecule has 0 aliphatic rings. The van der Waals surface area contributed by atoms with Gasteiger partial charge in [0.15, 0.2) is 9.84 Å². The lowest BCUT2D eigenvalue weighted by Gasteiger charge is -2.28. The predicted molar refractivity (Wildman–Crippen MR) is 93.6 cm³/mol. The number of benzene rings is 1. The van der Waals surface area contributed by atoms with Gasteiger partial charge in [0.2, 0.25) is 0 Å². The van der Waals surface area contributed by atoms with Crippen molar-refractivity contribution in [2.24, 2.45) is 11.8 Å². The van der Waals surface area contributed by atoms with E-state index >= 15 is 0 Å². The summed E-state index contributed by atoms with van der Waals surface area (Å²) in [5.41, 5.74) is 0.880. The van der Waals surface area contributed by atoms with Gasteiger partial charge in [-0.25, -0.2) is 8.42 Å². The molecule has 0 aromatic heterocycles. The van der Waals surface area contributed by atoms with Crippen LogP contribution in [0.2, 0.25) is 0 Å². The third-order valence-corrected chi connectivity index (χ3v) is 4.94. The Morgan fingerprint density at radius 3 is 2.08 bits per heavy atom. The molecular weight excluding hydrogens is 328 g/mol. The van der Waals surface area contributed by atoms with Crippen LogP contribution in [0.1, 0.15) is 33.3 Å². The van der Waals surface area contributed by atoms with E-state index in [1.807, 2.05) is 20.8 Å². The van der Waals surface area contributed by atoms with Gasteiger partial charge >= 0.3 is 5.97 Å². The molecule has 2 unspecified atom stereocenters. The summed E-state index contributed by atoms with van der Waals surface area (Å²) in [7, 11) is -3.23. The second-order valence-electron chi connectivity index (χ2n) is 6.14. The molecule has 0 heterocycles. The number of hydrogen-bond donors (Lipinski definition) is 0. The van der Waals surface area contributed by atoms with Crippen LogP contribution >= 0.6 is 0 Å². The topological polar surface area (TPSA) is 69.7 Å². The van der Waals surface area contributed by atoms with E-state index in [9.17, 15) is 13.2 Å². The summed E-state index contributed by atoms with van der Waals surface area (Å²) < 4.78 is 34.1. The zero-order chi connectivity index (χ0) is 18.3. The minimum Gasteiger partial charge on any atom is -0.466 e. The van der Waals surface area contributed by atoms with Crippen molar-refractivity contribution < 1.29 is 22.7 Å². The number of carbonyl (C=O) groups excluding carboxylic acids is 1. The van der Waals surface area contributed by atoms with Crippen molar-refractivity contribution in [3.05, 3.63) is 29.8 Å². The van der Waals surface area contributed by atoms with E-state index in [0.717, 1.165) is 5.56 Å². The molecule has 6 heteroatoms. The van der Waals surface area contributed by atoms with Crippen LogP contribution in [-0.2, 0) is 30.5 Å². The van der Waals surface area contributed by atoms with Gasteiger partial charge < -0.3 is 9.47 Å². The van der Waals surface area contributed by atoms with Crippen molar-refractivity contribution in [1.82, 2.24) is 0 Å². The molecule has 0 aliphatic heterocycles. The van der Waals surface area contributed by atoms with Crippen molar-refractivity contribution >= 4 is 15.8 Å². The molecule has 24 heavy (non-hydrogen) atoms.